The summed E-state index contributed by atoms with van der Waals surface area (Å²) in [6.45, 7) is 2.28. The molecule has 1 aromatic carbocycles. The average Bonchev–Trinajstić information content (AvgIpc) is 2.65. The van der Waals surface area contributed by atoms with Gasteiger partial charge >= 0.3 is 0 Å². The first-order valence-corrected chi connectivity index (χ1v) is 7.68. The molecular formula is C17H24FN. The quantitative estimate of drug-likeness (QED) is 0.788. The van der Waals surface area contributed by atoms with Crippen LogP contribution in [0.2, 0.25) is 0 Å². The Morgan fingerprint density at radius 1 is 1.21 bits per heavy atom. The summed E-state index contributed by atoms with van der Waals surface area (Å²) in [5.41, 5.74) is 1.35. The van der Waals surface area contributed by atoms with Gasteiger partial charge in [-0.25, -0.2) is 4.39 Å². The Kier molecular flexibility index (Phi) is 3.62. The molecule has 2 aliphatic heterocycles. The van der Waals surface area contributed by atoms with Crippen LogP contribution in [0.4, 0.5) is 4.39 Å². The number of benzene rings is 1. The lowest BCUT2D eigenvalue weighted by Crippen LogP contribution is -2.45. The highest BCUT2D eigenvalue weighted by atomic mass is 19.1. The summed E-state index contributed by atoms with van der Waals surface area (Å²) in [5.74, 6) is 1.26. The lowest BCUT2D eigenvalue weighted by atomic mass is 9.74. The fourth-order valence-electron chi connectivity index (χ4n) is 4.40. The molecule has 104 valence electrons. The summed E-state index contributed by atoms with van der Waals surface area (Å²) in [4.78, 5) is 2.61. The van der Waals surface area contributed by atoms with Crippen LogP contribution in [0.25, 0.3) is 0 Å². The summed E-state index contributed by atoms with van der Waals surface area (Å²) in [5, 5.41) is 0. The zero-order valence-corrected chi connectivity index (χ0v) is 12.0. The molecule has 2 fully saturated rings. The molecule has 19 heavy (non-hydrogen) atoms. The van der Waals surface area contributed by atoms with Crippen molar-refractivity contribution in [3.63, 3.8) is 0 Å². The zero-order valence-electron chi connectivity index (χ0n) is 12.0. The minimum atomic E-state index is -0.119. The predicted octanol–water partition coefficient (Wildman–Crippen LogP) is 4.19. The summed E-state index contributed by atoms with van der Waals surface area (Å²) in [7, 11) is 2.30. The van der Waals surface area contributed by atoms with Crippen molar-refractivity contribution in [2.75, 3.05) is 7.05 Å². The molecule has 1 aromatic rings. The minimum Gasteiger partial charge on any atom is -0.300 e. The van der Waals surface area contributed by atoms with E-state index < -0.39 is 0 Å². The maximum atomic E-state index is 13.1. The van der Waals surface area contributed by atoms with Crippen molar-refractivity contribution in [3.05, 3.63) is 35.6 Å². The molecule has 0 aromatic heterocycles. The van der Waals surface area contributed by atoms with Crippen molar-refractivity contribution in [3.8, 4) is 0 Å². The van der Waals surface area contributed by atoms with Crippen LogP contribution in [-0.4, -0.2) is 24.0 Å². The molecule has 4 atom stereocenters. The van der Waals surface area contributed by atoms with Gasteiger partial charge < -0.3 is 4.90 Å². The first kappa shape index (κ1) is 13.1. The molecule has 0 radical (unpaired) electrons. The molecule has 0 N–H and O–H groups in total. The van der Waals surface area contributed by atoms with Gasteiger partial charge in [0.05, 0.1) is 0 Å². The van der Waals surface area contributed by atoms with Crippen LogP contribution >= 0.6 is 0 Å². The second-order valence-electron chi connectivity index (χ2n) is 6.31. The smallest absolute Gasteiger partial charge is 0.123 e. The first-order chi connectivity index (χ1) is 9.20. The fourth-order valence-corrected chi connectivity index (χ4v) is 4.40. The Morgan fingerprint density at radius 3 is 2.63 bits per heavy atom. The Hall–Kier alpha value is -0.890. The van der Waals surface area contributed by atoms with Gasteiger partial charge in [-0.1, -0.05) is 25.5 Å². The Bertz CT molecular complexity index is 427. The van der Waals surface area contributed by atoms with Crippen LogP contribution in [-0.2, 0) is 0 Å². The summed E-state index contributed by atoms with van der Waals surface area (Å²) >= 11 is 0. The number of hydrogen-bond acceptors (Lipinski definition) is 1. The second kappa shape index (κ2) is 5.24. The molecule has 2 saturated heterocycles. The molecular weight excluding hydrogens is 237 g/mol. The van der Waals surface area contributed by atoms with Crippen LogP contribution in [0.1, 0.15) is 50.5 Å². The minimum absolute atomic E-state index is 0.119. The van der Waals surface area contributed by atoms with Crippen LogP contribution in [0.3, 0.4) is 0 Å². The highest BCUT2D eigenvalue weighted by Gasteiger charge is 2.45. The van der Waals surface area contributed by atoms with Gasteiger partial charge in [-0.15, -0.1) is 0 Å². The fraction of sp³-hybridized carbons (Fsp3) is 0.647. The van der Waals surface area contributed by atoms with Crippen molar-refractivity contribution in [1.29, 1.82) is 0 Å². The first-order valence-electron chi connectivity index (χ1n) is 7.68. The molecule has 0 saturated carbocycles. The molecule has 0 aliphatic carbocycles. The van der Waals surface area contributed by atoms with E-state index in [1.807, 2.05) is 12.1 Å². The summed E-state index contributed by atoms with van der Waals surface area (Å²) in [6, 6.07) is 8.75. The number of nitrogens with zero attached hydrogens (tertiary/aromatic N) is 1. The van der Waals surface area contributed by atoms with E-state index >= 15 is 0 Å². The molecule has 2 bridgehead atoms. The van der Waals surface area contributed by atoms with E-state index in [0.29, 0.717) is 5.92 Å². The van der Waals surface area contributed by atoms with Gasteiger partial charge in [0.1, 0.15) is 5.82 Å². The molecule has 0 amide bonds. The van der Waals surface area contributed by atoms with E-state index in [1.165, 1.54) is 37.7 Å². The lowest BCUT2D eigenvalue weighted by molar-refractivity contribution is 0.0940. The molecule has 3 rings (SSSR count). The van der Waals surface area contributed by atoms with Gasteiger partial charge in [-0.2, -0.15) is 0 Å². The van der Waals surface area contributed by atoms with Crippen molar-refractivity contribution in [2.45, 2.75) is 57.0 Å². The third-order valence-electron chi connectivity index (χ3n) is 5.35. The lowest BCUT2D eigenvalue weighted by Gasteiger charge is -2.43. The van der Waals surface area contributed by atoms with Crippen molar-refractivity contribution in [2.24, 2.45) is 5.92 Å². The van der Waals surface area contributed by atoms with Gasteiger partial charge in [-0.3, -0.25) is 0 Å². The third-order valence-corrected chi connectivity index (χ3v) is 5.35. The normalized spacial score (nSPS) is 34.7. The van der Waals surface area contributed by atoms with Gasteiger partial charge in [0.2, 0.25) is 0 Å². The van der Waals surface area contributed by atoms with Gasteiger partial charge in [0.25, 0.3) is 0 Å². The topological polar surface area (TPSA) is 3.24 Å². The summed E-state index contributed by atoms with van der Waals surface area (Å²) in [6.07, 6.45) is 6.49. The van der Waals surface area contributed by atoms with E-state index in [2.05, 4.69) is 18.9 Å². The Labute approximate surface area is 115 Å². The van der Waals surface area contributed by atoms with Crippen molar-refractivity contribution < 1.29 is 4.39 Å². The highest BCUT2D eigenvalue weighted by Crippen LogP contribution is 2.47. The van der Waals surface area contributed by atoms with E-state index in [0.717, 1.165) is 18.0 Å². The van der Waals surface area contributed by atoms with E-state index in [-0.39, 0.29) is 5.82 Å². The Morgan fingerprint density at radius 2 is 1.95 bits per heavy atom. The van der Waals surface area contributed by atoms with Crippen LogP contribution < -0.4 is 0 Å². The van der Waals surface area contributed by atoms with E-state index in [1.54, 1.807) is 12.1 Å². The highest BCUT2D eigenvalue weighted by molar-refractivity contribution is 5.24. The monoisotopic (exact) mass is 261 g/mol. The van der Waals surface area contributed by atoms with Gasteiger partial charge in [0.15, 0.2) is 0 Å². The maximum absolute atomic E-state index is 13.1. The largest absolute Gasteiger partial charge is 0.300 e. The number of fused-ring (bicyclic) bond motifs is 2. The number of rotatable bonds is 3. The maximum Gasteiger partial charge on any atom is 0.123 e. The van der Waals surface area contributed by atoms with Crippen LogP contribution in [0.5, 0.6) is 0 Å². The molecule has 2 heteroatoms. The number of hydrogen-bond donors (Lipinski definition) is 0. The second-order valence-corrected chi connectivity index (χ2v) is 6.31. The van der Waals surface area contributed by atoms with Gasteiger partial charge in [0, 0.05) is 12.1 Å². The van der Waals surface area contributed by atoms with E-state index in [4.69, 9.17) is 0 Å². The molecule has 1 nitrogen and oxygen atoms in total. The SMILES string of the molecule is CCC[C@H]1C(c2ccc(F)cc2)CC2CCC1N2C. The molecule has 2 aliphatic rings. The average molecular weight is 261 g/mol. The number of piperidine rings is 1. The van der Waals surface area contributed by atoms with Crippen molar-refractivity contribution in [1.82, 2.24) is 4.90 Å². The third kappa shape index (κ3) is 2.31. The number of halogens is 1. The van der Waals surface area contributed by atoms with Crippen molar-refractivity contribution >= 4 is 0 Å². The molecule has 2 heterocycles. The van der Waals surface area contributed by atoms with Crippen LogP contribution in [0, 0.1) is 11.7 Å². The standard InChI is InChI=1S/C17H24FN/c1-3-4-15-16(12-5-7-13(18)8-6-12)11-14-9-10-17(15)19(14)2/h5-8,14-17H,3-4,9-11H2,1-2H3/t14?,15-,16?,17?/m0/s1. The zero-order chi connectivity index (χ0) is 13.4. The Balaban J connectivity index is 1.88. The van der Waals surface area contributed by atoms with Gasteiger partial charge in [-0.05, 0) is 62.3 Å². The van der Waals surface area contributed by atoms with Crippen LogP contribution in [0.15, 0.2) is 24.3 Å². The summed E-state index contributed by atoms with van der Waals surface area (Å²) < 4.78 is 13.1. The predicted molar refractivity (Wildman–Crippen MR) is 76.7 cm³/mol. The van der Waals surface area contributed by atoms with E-state index in [9.17, 15) is 4.39 Å². The molecule has 3 unspecified atom stereocenters. The molecule has 0 spiro atoms.